The zero-order chi connectivity index (χ0) is 104. The van der Waals surface area contributed by atoms with Gasteiger partial charge in [0.05, 0.1) is 45.2 Å². The van der Waals surface area contributed by atoms with Crippen LogP contribution in [-0.2, 0) is 51.9 Å². The van der Waals surface area contributed by atoms with Gasteiger partial charge in [0.1, 0.15) is 16.4 Å². The predicted molar refractivity (Wildman–Crippen MR) is 574 cm³/mol. The average molecular weight is 2000 g/mol. The molecule has 0 spiro atoms. The molecule has 766 valence electrons. The maximum Gasteiger partial charge on any atom is 0.349 e. The van der Waals surface area contributed by atoms with Crippen molar-refractivity contribution in [1.29, 1.82) is 0 Å². The summed E-state index contributed by atoms with van der Waals surface area (Å²) < 4.78 is 1.89. The summed E-state index contributed by atoms with van der Waals surface area (Å²) in [6.45, 7) is 33.5. The van der Waals surface area contributed by atoms with Gasteiger partial charge in [-0.1, -0.05) is 136 Å². The van der Waals surface area contributed by atoms with E-state index in [9.17, 15) is 53.4 Å². The van der Waals surface area contributed by atoms with Crippen LogP contribution in [0.15, 0.2) is 215 Å². The molecule has 2 aliphatic carbocycles. The fourth-order valence-electron chi connectivity index (χ4n) is 19.0. The molecule has 4 aromatic heterocycles. The maximum absolute atomic E-state index is 12.9. The Morgan fingerprint density at radius 2 is 0.777 bits per heavy atom. The number of anilines is 8. The van der Waals surface area contributed by atoms with E-state index in [1.165, 1.54) is 36.5 Å². The van der Waals surface area contributed by atoms with Crippen molar-refractivity contribution < 1.29 is 39.6 Å². The van der Waals surface area contributed by atoms with E-state index in [2.05, 4.69) is 189 Å². The molecule has 2 fully saturated rings. The van der Waals surface area contributed by atoms with Crippen molar-refractivity contribution in [2.24, 2.45) is 15.0 Å². The minimum atomic E-state index is -0.822. The molecule has 19 rings (SSSR count). The molecule has 36 nitrogen and oxygen atoms in total. The zero-order valence-corrected chi connectivity index (χ0v) is 84.3. The number of carboxylic acid groups (broad SMARTS) is 4. The molecular formula is C112H125N23O13. The Kier molecular flexibility index (Phi) is 34.1. The van der Waals surface area contributed by atoms with E-state index in [0.717, 1.165) is 119 Å². The van der Waals surface area contributed by atoms with Gasteiger partial charge in [0, 0.05) is 140 Å². The van der Waals surface area contributed by atoms with Gasteiger partial charge >= 0.3 is 29.6 Å². The molecular weight excluding hydrogens is 1880 g/mol. The van der Waals surface area contributed by atoms with Crippen LogP contribution in [0.3, 0.4) is 0 Å². The van der Waals surface area contributed by atoms with Crippen molar-refractivity contribution in [3.05, 3.63) is 316 Å². The summed E-state index contributed by atoms with van der Waals surface area (Å²) in [7, 11) is 0. The summed E-state index contributed by atoms with van der Waals surface area (Å²) >= 11 is 0. The van der Waals surface area contributed by atoms with Crippen LogP contribution in [0, 0.1) is 41.5 Å². The van der Waals surface area contributed by atoms with Gasteiger partial charge in [-0.2, -0.15) is 4.98 Å². The smallest absolute Gasteiger partial charge is 0.349 e. The number of H-pyrrole nitrogens is 4. The fraction of sp³-hybridized carbons (Fsp3) is 0.339. The second-order valence-corrected chi connectivity index (χ2v) is 38.5. The highest BCUT2D eigenvalue weighted by Crippen LogP contribution is 2.42. The van der Waals surface area contributed by atoms with Gasteiger partial charge < -0.3 is 65.3 Å². The summed E-state index contributed by atoms with van der Waals surface area (Å²) in [5.41, 5.74) is 18.2. The molecule has 0 atom stereocenters. The van der Waals surface area contributed by atoms with Crippen molar-refractivity contribution in [1.82, 2.24) is 74.0 Å². The first-order chi connectivity index (χ1) is 71.3. The minimum Gasteiger partial charge on any atom is -0.481 e. The number of nitrogens with one attached hydrogen (secondary N) is 6. The van der Waals surface area contributed by atoms with Crippen molar-refractivity contribution in [3.8, 4) is 11.5 Å². The molecule has 5 aliphatic heterocycles. The molecule has 0 amide bonds. The molecule has 8 aromatic carbocycles. The van der Waals surface area contributed by atoms with Crippen LogP contribution in [-0.4, -0.2) is 202 Å². The molecule has 0 unspecified atom stereocenters. The Labute approximate surface area is 853 Å². The number of aromatic amines is 4. The molecule has 7 aliphatic rings. The molecule has 9 heterocycles. The van der Waals surface area contributed by atoms with E-state index >= 15 is 0 Å². The minimum absolute atomic E-state index is 0.0888. The van der Waals surface area contributed by atoms with Crippen LogP contribution < -0.4 is 85.8 Å². The Bertz CT molecular complexity index is 7920. The highest BCUT2D eigenvalue weighted by atomic mass is 16.4. The number of aryl methyl sites for hydroxylation is 6. The van der Waals surface area contributed by atoms with Crippen LogP contribution in [0.1, 0.15) is 146 Å². The van der Waals surface area contributed by atoms with Gasteiger partial charge in [-0.25, -0.2) is 39.7 Å². The normalized spacial score (nSPS) is 13.2. The Balaban J connectivity index is 0.000000141. The number of benzene rings is 8. The number of carboxylic acids is 4. The SMILES string of the molecule is C=c1nc2c(c(=O)[nH]1)=Nc1cc(C)c(C)cc1N2CCN(CCCC(=O)O)Cc1ccc2ccccc2c1.C=c1nc2c(c(=O)[nH]1)=Nc1cc(C)c(C)cc1N2CCN(CCCC(=O)O)Cc1cccnc1.C=c1nc2c(c(=O)[nH]1)=Nc1cc(C)c(NC3CCCC3)cc1N2CCN(CCCC(=O)O)Cc1ccccc1.Cc1cc2nc3c(=O)[nH]c(=O)nc-3n(CCN(CCCC(=O)O)Cc3ccccc3)c2cc1NC1CC1. The van der Waals surface area contributed by atoms with E-state index in [1.54, 1.807) is 6.20 Å². The van der Waals surface area contributed by atoms with Crippen LogP contribution in [0.2, 0.25) is 0 Å². The van der Waals surface area contributed by atoms with E-state index in [1.807, 2.05) is 151 Å². The van der Waals surface area contributed by atoms with Gasteiger partial charge in [0.15, 0.2) is 45.0 Å². The molecule has 36 heteroatoms. The molecule has 0 radical (unpaired) electrons. The number of carbonyl (C=O) groups is 4. The first-order valence-corrected chi connectivity index (χ1v) is 50.3. The first-order valence-electron chi connectivity index (χ1n) is 50.3. The quantitative estimate of drug-likeness (QED) is 0.0159. The summed E-state index contributed by atoms with van der Waals surface area (Å²) in [5.74, 6) is -1.50. The van der Waals surface area contributed by atoms with Gasteiger partial charge in [0.25, 0.3) is 22.2 Å². The lowest BCUT2D eigenvalue weighted by Gasteiger charge is -2.32. The number of nitrogens with zero attached hydrogens (tertiary/aromatic N) is 17. The highest BCUT2D eigenvalue weighted by molar-refractivity contribution is 5.86. The number of fused-ring (bicyclic) bond motifs is 9. The third kappa shape index (κ3) is 27.1. The van der Waals surface area contributed by atoms with E-state index in [-0.39, 0.29) is 80.9 Å². The third-order valence-corrected chi connectivity index (χ3v) is 27.1. The maximum atomic E-state index is 12.9. The molecule has 2 saturated carbocycles. The standard InChI is InChI=1S/C30H36N6O3.C30H31N5O3.C27H30N6O4.C25H28N6O3/c1-20-17-25-26(18-24(20)33-23-11-6-7-12-23)36(29-28(34-25)30(39)32-21(2)31-29)16-15-35(14-8-13-27(37)38)19-22-9-4-3-5-10-22;1-19-15-25-26(16-20(19)2)35(29-28(33-25)30(38)32-21(3)31-29)14-13-34(12-6-9-27(36)37)18-22-10-11-23-7-4-5-8-24(23)17-22;1-17-14-21-22(15-20(17)28-19-9-10-19)33(25-24(29-21)26(36)31-27(37)30-25)13-12-32(11-5-8-23(34)35)16-18-6-3-2-4-7-18;1-16-12-20-21(13-17(16)2)31(24-23(29-20)25(34)28-18(3)27-24)11-10-30(9-5-7-22(32)33)15-19-6-4-8-26-14-19/h3-5,9-10,17-18,23,33H,2,6-8,11-16,19H2,1H3,(H,32,39)(H,37,38);4-5,7-8,10-11,15-17H,3,6,9,12-14,18H2,1-2H3,(H,32,38)(H,36,37);2-4,6-7,14-15,19,28H,5,8-13,16H2,1H3,(H,34,35)(H,31,36,37);4,6,8,12-14H,3,5,7,9-11,15H2,1-2H3,(H,28,34)(H,32,33). The zero-order valence-electron chi connectivity index (χ0n) is 84.3. The Morgan fingerprint density at radius 1 is 0.385 bits per heavy atom. The lowest BCUT2D eigenvalue weighted by Crippen LogP contribution is -2.44. The third-order valence-electron chi connectivity index (χ3n) is 27.1. The van der Waals surface area contributed by atoms with Gasteiger partial charge in [-0.15, -0.1) is 0 Å². The van der Waals surface area contributed by atoms with Crippen LogP contribution >= 0.6 is 0 Å². The molecule has 0 bridgehead atoms. The fourth-order valence-corrected chi connectivity index (χ4v) is 19.0. The summed E-state index contributed by atoms with van der Waals surface area (Å²) in [6.07, 6.45) is 13.2. The predicted octanol–water partition coefficient (Wildman–Crippen LogP) is 12.1. The first kappa shape index (κ1) is 105. The number of pyridine rings is 1. The summed E-state index contributed by atoms with van der Waals surface area (Å²) in [6, 6.07) is 55.9. The monoisotopic (exact) mass is 2000 g/mol. The van der Waals surface area contributed by atoms with E-state index in [0.29, 0.717) is 171 Å². The molecule has 12 aromatic rings. The Hall–Kier alpha value is -16.2. The van der Waals surface area contributed by atoms with Crippen molar-refractivity contribution in [3.63, 3.8) is 0 Å². The number of hydrogen-bond acceptors (Lipinski definition) is 27. The average Bonchev–Trinajstić information content (AvgIpc) is 1.07. The number of aromatic nitrogens is 11. The van der Waals surface area contributed by atoms with Gasteiger partial charge in [-0.05, 0) is 246 Å². The summed E-state index contributed by atoms with van der Waals surface area (Å²) in [4.78, 5) is 173. The largest absolute Gasteiger partial charge is 0.481 e. The Morgan fingerprint density at radius 3 is 1.22 bits per heavy atom. The summed E-state index contributed by atoms with van der Waals surface area (Å²) in [5, 5.41) is 47.1. The van der Waals surface area contributed by atoms with Crippen LogP contribution in [0.4, 0.5) is 63.0 Å². The lowest BCUT2D eigenvalue weighted by atomic mass is 10.1. The second kappa shape index (κ2) is 48.2. The topological polar surface area (TPSA) is 464 Å². The number of rotatable bonds is 40. The van der Waals surface area contributed by atoms with Crippen LogP contribution in [0.5, 0.6) is 0 Å². The van der Waals surface area contributed by atoms with Gasteiger partial charge in [0.2, 0.25) is 0 Å². The van der Waals surface area contributed by atoms with Crippen molar-refractivity contribution >= 4 is 128 Å². The second-order valence-electron chi connectivity index (χ2n) is 38.5. The van der Waals surface area contributed by atoms with Crippen LogP contribution in [0.25, 0.3) is 53.1 Å². The molecule has 10 N–H and O–H groups in total. The molecule has 0 saturated heterocycles. The van der Waals surface area contributed by atoms with Crippen molar-refractivity contribution in [2.45, 2.75) is 176 Å². The van der Waals surface area contributed by atoms with Gasteiger partial charge in [-0.3, -0.25) is 67.9 Å². The molecule has 148 heavy (non-hydrogen) atoms. The van der Waals surface area contributed by atoms with Crippen molar-refractivity contribution in [2.75, 3.05) is 97.3 Å². The lowest BCUT2D eigenvalue weighted by molar-refractivity contribution is -0.138. The number of aliphatic carboxylic acids is 4. The number of hydrogen-bond donors (Lipinski definition) is 10. The van der Waals surface area contributed by atoms with E-state index in [4.69, 9.17) is 15.2 Å². The van der Waals surface area contributed by atoms with E-state index < -0.39 is 35.1 Å². The highest BCUT2D eigenvalue weighted by Gasteiger charge is 2.32.